The van der Waals surface area contributed by atoms with Gasteiger partial charge in [-0.15, -0.1) is 12.4 Å². The topological polar surface area (TPSA) is 44.4 Å². The first-order valence-electron chi connectivity index (χ1n) is 9.24. The Morgan fingerprint density at radius 2 is 2.15 bits per heavy atom. The summed E-state index contributed by atoms with van der Waals surface area (Å²) in [6.07, 6.45) is 4.00. The van der Waals surface area contributed by atoms with Gasteiger partial charge in [-0.2, -0.15) is 0 Å². The molecule has 0 radical (unpaired) electrons. The second-order valence-corrected chi connectivity index (χ2v) is 7.24. The number of amides is 1. The summed E-state index contributed by atoms with van der Waals surface area (Å²) in [6, 6.07) is 3.40. The molecule has 0 saturated carbocycles. The molecule has 0 bridgehead atoms. The average Bonchev–Trinajstić information content (AvgIpc) is 3.16. The van der Waals surface area contributed by atoms with Crippen molar-refractivity contribution in [2.45, 2.75) is 44.7 Å². The molecule has 26 heavy (non-hydrogen) atoms. The van der Waals surface area contributed by atoms with Crippen LogP contribution < -0.4 is 10.6 Å². The first-order valence-corrected chi connectivity index (χ1v) is 9.24. The van der Waals surface area contributed by atoms with Crippen LogP contribution in [0.25, 0.3) is 0 Å². The number of carbonyl (C=O) groups excluding carboxylic acids is 1. The summed E-state index contributed by atoms with van der Waals surface area (Å²) in [7, 11) is 0. The Labute approximate surface area is 160 Å². The van der Waals surface area contributed by atoms with Gasteiger partial charge < -0.3 is 10.6 Å². The Bertz CT molecular complexity index is 610. The predicted molar refractivity (Wildman–Crippen MR) is 100 cm³/mol. The standard InChI is InChI=1S/C19H27F2N3O.ClH/c1-13(16-10-15(20)6-7-17(16)21)24-9-3-4-14(12-24)11-23-19(25)18-5-2-8-22-18;/h6-7,10,13-14,18,22H,2-5,8-9,11-12H2,1H3,(H,23,25);1H. The Kier molecular flexibility index (Phi) is 7.80. The quantitative estimate of drug-likeness (QED) is 0.816. The van der Waals surface area contributed by atoms with E-state index in [0.29, 0.717) is 18.0 Å². The highest BCUT2D eigenvalue weighted by Gasteiger charge is 2.27. The first kappa shape index (κ1) is 21.1. The van der Waals surface area contributed by atoms with Gasteiger partial charge in [-0.25, -0.2) is 8.78 Å². The largest absolute Gasteiger partial charge is 0.354 e. The molecule has 2 aliphatic rings. The van der Waals surface area contributed by atoms with Crippen LogP contribution in [0.15, 0.2) is 18.2 Å². The molecule has 146 valence electrons. The van der Waals surface area contributed by atoms with Gasteiger partial charge in [0.25, 0.3) is 0 Å². The summed E-state index contributed by atoms with van der Waals surface area (Å²) in [5, 5.41) is 6.26. The molecule has 4 nitrogen and oxygen atoms in total. The van der Waals surface area contributed by atoms with Crippen molar-refractivity contribution < 1.29 is 13.6 Å². The fourth-order valence-corrected chi connectivity index (χ4v) is 3.92. The third kappa shape index (κ3) is 5.15. The van der Waals surface area contributed by atoms with Crippen molar-refractivity contribution >= 4 is 18.3 Å². The molecule has 3 rings (SSSR count). The van der Waals surface area contributed by atoms with Crippen molar-refractivity contribution in [3.8, 4) is 0 Å². The molecule has 2 aliphatic heterocycles. The Balaban J connectivity index is 0.00000243. The Hall–Kier alpha value is -1.24. The van der Waals surface area contributed by atoms with Crippen LogP contribution in [-0.2, 0) is 4.79 Å². The van der Waals surface area contributed by atoms with Crippen molar-refractivity contribution in [1.29, 1.82) is 0 Å². The van der Waals surface area contributed by atoms with Gasteiger partial charge in [-0.3, -0.25) is 9.69 Å². The number of likely N-dealkylation sites (tertiary alicyclic amines) is 1. The summed E-state index contributed by atoms with van der Waals surface area (Å²) >= 11 is 0. The lowest BCUT2D eigenvalue weighted by Gasteiger charge is -2.37. The van der Waals surface area contributed by atoms with Crippen LogP contribution >= 0.6 is 12.4 Å². The molecule has 3 atom stereocenters. The maximum absolute atomic E-state index is 14.0. The fraction of sp³-hybridized carbons (Fsp3) is 0.632. The van der Waals surface area contributed by atoms with Crippen molar-refractivity contribution in [1.82, 2.24) is 15.5 Å². The number of rotatable bonds is 5. The predicted octanol–water partition coefficient (Wildman–Crippen LogP) is 3.03. The number of nitrogens with one attached hydrogen (secondary N) is 2. The van der Waals surface area contributed by atoms with Gasteiger partial charge in [-0.05, 0) is 69.8 Å². The molecule has 0 spiro atoms. The van der Waals surface area contributed by atoms with Crippen molar-refractivity contribution in [2.75, 3.05) is 26.2 Å². The summed E-state index contributed by atoms with van der Waals surface area (Å²) in [6.45, 7) is 5.13. The van der Waals surface area contributed by atoms with Crippen molar-refractivity contribution in [3.63, 3.8) is 0 Å². The zero-order valence-corrected chi connectivity index (χ0v) is 16.0. The second kappa shape index (κ2) is 9.62. The van der Waals surface area contributed by atoms with E-state index in [4.69, 9.17) is 0 Å². The lowest BCUT2D eigenvalue weighted by Crippen LogP contribution is -2.46. The summed E-state index contributed by atoms with van der Waals surface area (Å²) < 4.78 is 27.5. The number of nitrogens with zero attached hydrogens (tertiary/aromatic N) is 1. The van der Waals surface area contributed by atoms with Gasteiger partial charge in [0, 0.05) is 24.7 Å². The minimum absolute atomic E-state index is 0. The van der Waals surface area contributed by atoms with Crippen LogP contribution in [0.1, 0.15) is 44.2 Å². The van der Waals surface area contributed by atoms with Crippen molar-refractivity contribution in [2.24, 2.45) is 5.92 Å². The van der Waals surface area contributed by atoms with Crippen LogP contribution in [0, 0.1) is 17.6 Å². The molecule has 3 unspecified atom stereocenters. The summed E-state index contributed by atoms with van der Waals surface area (Å²) in [5.41, 5.74) is 0.403. The minimum Gasteiger partial charge on any atom is -0.354 e. The van der Waals surface area contributed by atoms with Crippen molar-refractivity contribution in [3.05, 3.63) is 35.4 Å². The van der Waals surface area contributed by atoms with Crippen LogP contribution in [-0.4, -0.2) is 43.0 Å². The zero-order valence-electron chi connectivity index (χ0n) is 15.1. The molecular weight excluding hydrogens is 360 g/mol. The van der Waals surface area contributed by atoms with E-state index in [9.17, 15) is 13.6 Å². The molecule has 7 heteroatoms. The number of piperidine rings is 1. The highest BCUT2D eigenvalue weighted by molar-refractivity contribution is 5.85. The molecule has 1 aromatic carbocycles. The smallest absolute Gasteiger partial charge is 0.237 e. The van der Waals surface area contributed by atoms with E-state index in [1.54, 1.807) is 0 Å². The van der Waals surface area contributed by atoms with E-state index in [-0.39, 0.29) is 36.2 Å². The fourth-order valence-electron chi connectivity index (χ4n) is 3.92. The molecule has 2 fully saturated rings. The van der Waals surface area contributed by atoms with E-state index < -0.39 is 5.82 Å². The Morgan fingerprint density at radius 3 is 2.88 bits per heavy atom. The SMILES string of the molecule is CC(c1cc(F)ccc1F)N1CCCC(CNC(=O)C2CCCN2)C1.Cl. The molecule has 0 aliphatic carbocycles. The lowest BCUT2D eigenvalue weighted by atomic mass is 9.95. The van der Waals surface area contributed by atoms with Gasteiger partial charge in [0.05, 0.1) is 6.04 Å². The third-order valence-electron chi connectivity index (χ3n) is 5.45. The maximum atomic E-state index is 14.0. The molecule has 1 amide bonds. The van der Waals surface area contributed by atoms with E-state index in [2.05, 4.69) is 15.5 Å². The number of hydrogen-bond donors (Lipinski definition) is 2. The highest BCUT2D eigenvalue weighted by Crippen LogP contribution is 2.28. The van der Waals surface area contributed by atoms with Crippen LogP contribution in [0.2, 0.25) is 0 Å². The van der Waals surface area contributed by atoms with E-state index in [1.165, 1.54) is 12.1 Å². The summed E-state index contributed by atoms with van der Waals surface area (Å²) in [5.74, 6) is -0.346. The zero-order chi connectivity index (χ0) is 17.8. The molecule has 0 aromatic heterocycles. The van der Waals surface area contributed by atoms with E-state index in [1.807, 2.05) is 6.92 Å². The summed E-state index contributed by atoms with van der Waals surface area (Å²) in [4.78, 5) is 14.3. The van der Waals surface area contributed by atoms with Gasteiger partial charge in [0.1, 0.15) is 11.6 Å². The average molecular weight is 388 g/mol. The van der Waals surface area contributed by atoms with Gasteiger partial charge in [-0.1, -0.05) is 0 Å². The van der Waals surface area contributed by atoms with Gasteiger partial charge in [0.15, 0.2) is 0 Å². The molecule has 2 N–H and O–H groups in total. The van der Waals surface area contributed by atoms with Crippen LogP contribution in [0.3, 0.4) is 0 Å². The highest BCUT2D eigenvalue weighted by atomic mass is 35.5. The molecule has 2 heterocycles. The van der Waals surface area contributed by atoms with Crippen LogP contribution in [0.4, 0.5) is 8.78 Å². The monoisotopic (exact) mass is 387 g/mol. The maximum Gasteiger partial charge on any atom is 0.237 e. The Morgan fingerprint density at radius 1 is 1.35 bits per heavy atom. The lowest BCUT2D eigenvalue weighted by molar-refractivity contribution is -0.123. The number of benzene rings is 1. The molecule has 2 saturated heterocycles. The normalized spacial score (nSPS) is 24.7. The molecule has 1 aromatic rings. The number of carbonyl (C=O) groups is 1. The van der Waals surface area contributed by atoms with E-state index >= 15 is 0 Å². The number of hydrogen-bond acceptors (Lipinski definition) is 3. The van der Waals surface area contributed by atoms with Crippen LogP contribution in [0.5, 0.6) is 0 Å². The van der Waals surface area contributed by atoms with Gasteiger partial charge >= 0.3 is 0 Å². The van der Waals surface area contributed by atoms with Gasteiger partial charge in [0.2, 0.25) is 5.91 Å². The van der Waals surface area contributed by atoms with E-state index in [0.717, 1.165) is 51.4 Å². The minimum atomic E-state index is -0.409. The second-order valence-electron chi connectivity index (χ2n) is 7.24. The number of halogens is 3. The molecular formula is C19H28ClF2N3O. The first-order chi connectivity index (χ1) is 12.0. The third-order valence-corrected chi connectivity index (χ3v) is 5.45.